The van der Waals surface area contributed by atoms with Crippen LogP contribution in [0, 0.1) is 13.8 Å². The average Bonchev–Trinajstić information content (AvgIpc) is 2.79. The molecule has 0 radical (unpaired) electrons. The van der Waals surface area contributed by atoms with Crippen LogP contribution in [-0.4, -0.2) is 15.1 Å². The first-order chi connectivity index (χ1) is 8.44. The lowest BCUT2D eigenvalue weighted by molar-refractivity contribution is 0.291. The Balaban J connectivity index is 2.41. The smallest absolute Gasteiger partial charge is 0.246 e. The van der Waals surface area contributed by atoms with Gasteiger partial charge in [-0.25, -0.2) is 0 Å². The minimum absolute atomic E-state index is 0.446. The zero-order valence-electron chi connectivity index (χ0n) is 11.2. The van der Waals surface area contributed by atoms with Gasteiger partial charge in [-0.05, 0) is 38.3 Å². The van der Waals surface area contributed by atoms with Gasteiger partial charge in [-0.2, -0.15) is 4.98 Å². The zero-order valence-corrected chi connectivity index (χ0v) is 11.2. The quantitative estimate of drug-likeness (QED) is 0.899. The van der Waals surface area contributed by atoms with Crippen LogP contribution in [0.2, 0.25) is 0 Å². The molecule has 0 aliphatic heterocycles. The molecular formula is C13H18N4O. The first-order valence-corrected chi connectivity index (χ1v) is 6.00. The second kappa shape index (κ2) is 4.49. The van der Waals surface area contributed by atoms with E-state index in [2.05, 4.69) is 15.1 Å². The van der Waals surface area contributed by atoms with Gasteiger partial charge in [-0.3, -0.25) is 4.98 Å². The van der Waals surface area contributed by atoms with Gasteiger partial charge in [0.2, 0.25) is 11.7 Å². The molecule has 0 saturated heterocycles. The third-order valence-electron chi connectivity index (χ3n) is 3.08. The van der Waals surface area contributed by atoms with Crippen LogP contribution < -0.4 is 5.73 Å². The second-order valence-corrected chi connectivity index (χ2v) is 4.87. The molecule has 2 N–H and O–H groups in total. The molecule has 0 amide bonds. The van der Waals surface area contributed by atoms with Gasteiger partial charge < -0.3 is 10.3 Å². The summed E-state index contributed by atoms with van der Waals surface area (Å²) in [6, 6.07) is 2.04. The van der Waals surface area contributed by atoms with Crippen molar-refractivity contribution < 1.29 is 4.52 Å². The summed E-state index contributed by atoms with van der Waals surface area (Å²) in [4.78, 5) is 8.69. The van der Waals surface area contributed by atoms with Gasteiger partial charge in [-0.15, -0.1) is 0 Å². The number of aromatic nitrogens is 3. The Morgan fingerprint density at radius 1 is 1.39 bits per heavy atom. The fraction of sp³-hybridized carbons (Fsp3) is 0.462. The first kappa shape index (κ1) is 12.7. The summed E-state index contributed by atoms with van der Waals surface area (Å²) in [6.45, 7) is 7.84. The van der Waals surface area contributed by atoms with Crippen molar-refractivity contribution in [3.8, 4) is 11.5 Å². The standard InChI is InChI=1S/C13H18N4O/c1-5-13(4,14)12-16-11(17-18-12)10-9(3)6-8(2)7-15-10/h6-7H,5,14H2,1-4H3. The molecule has 0 aromatic carbocycles. The van der Waals surface area contributed by atoms with E-state index in [1.165, 1.54) is 0 Å². The Hall–Kier alpha value is -1.75. The minimum Gasteiger partial charge on any atom is -0.337 e. The van der Waals surface area contributed by atoms with Crippen molar-refractivity contribution in [2.45, 2.75) is 39.7 Å². The summed E-state index contributed by atoms with van der Waals surface area (Å²) in [5, 5.41) is 3.96. The molecule has 1 atom stereocenters. The maximum absolute atomic E-state index is 6.07. The lowest BCUT2D eigenvalue weighted by atomic mass is 10.0. The fourth-order valence-corrected chi connectivity index (χ4v) is 1.65. The Bertz CT molecular complexity index is 560. The van der Waals surface area contributed by atoms with Crippen molar-refractivity contribution in [2.75, 3.05) is 0 Å². The maximum atomic E-state index is 6.07. The number of nitrogens with two attached hydrogens (primary N) is 1. The molecule has 5 nitrogen and oxygen atoms in total. The van der Waals surface area contributed by atoms with Gasteiger partial charge in [0.25, 0.3) is 0 Å². The molecule has 0 aliphatic carbocycles. The van der Waals surface area contributed by atoms with E-state index in [0.29, 0.717) is 11.7 Å². The lowest BCUT2D eigenvalue weighted by Gasteiger charge is -2.16. The molecule has 0 saturated carbocycles. The number of nitrogens with zero attached hydrogens (tertiary/aromatic N) is 3. The maximum Gasteiger partial charge on any atom is 0.246 e. The number of rotatable bonds is 3. The molecule has 2 rings (SSSR count). The Labute approximate surface area is 106 Å². The van der Waals surface area contributed by atoms with E-state index in [4.69, 9.17) is 10.3 Å². The molecule has 18 heavy (non-hydrogen) atoms. The number of aryl methyl sites for hydroxylation is 2. The highest BCUT2D eigenvalue weighted by molar-refractivity contribution is 5.54. The fourth-order valence-electron chi connectivity index (χ4n) is 1.65. The molecule has 2 heterocycles. The highest BCUT2D eigenvalue weighted by Gasteiger charge is 2.26. The van der Waals surface area contributed by atoms with Crippen LogP contribution in [0.1, 0.15) is 37.3 Å². The third-order valence-corrected chi connectivity index (χ3v) is 3.08. The van der Waals surface area contributed by atoms with Crippen LogP contribution in [0.25, 0.3) is 11.5 Å². The molecule has 2 aromatic heterocycles. The number of pyridine rings is 1. The minimum atomic E-state index is -0.593. The molecule has 0 bridgehead atoms. The summed E-state index contributed by atoms with van der Waals surface area (Å²) in [5.41, 5.74) is 8.35. The van der Waals surface area contributed by atoms with Gasteiger partial charge in [0.05, 0.1) is 5.54 Å². The van der Waals surface area contributed by atoms with E-state index in [0.717, 1.165) is 23.2 Å². The van der Waals surface area contributed by atoms with Gasteiger partial charge in [0, 0.05) is 6.20 Å². The van der Waals surface area contributed by atoms with Gasteiger partial charge >= 0.3 is 0 Å². The summed E-state index contributed by atoms with van der Waals surface area (Å²) < 4.78 is 5.23. The Morgan fingerprint density at radius 2 is 2.11 bits per heavy atom. The molecule has 0 aliphatic rings. The van der Waals surface area contributed by atoms with Crippen LogP contribution in [0.5, 0.6) is 0 Å². The third kappa shape index (κ3) is 2.26. The van der Waals surface area contributed by atoms with E-state index in [1.807, 2.05) is 33.8 Å². The number of hydrogen-bond acceptors (Lipinski definition) is 5. The highest BCUT2D eigenvalue weighted by atomic mass is 16.5. The van der Waals surface area contributed by atoms with Crippen molar-refractivity contribution in [3.05, 3.63) is 29.3 Å². The monoisotopic (exact) mass is 246 g/mol. The van der Waals surface area contributed by atoms with E-state index < -0.39 is 5.54 Å². The van der Waals surface area contributed by atoms with Crippen molar-refractivity contribution >= 4 is 0 Å². The van der Waals surface area contributed by atoms with Crippen molar-refractivity contribution in [3.63, 3.8) is 0 Å². The molecule has 5 heteroatoms. The average molecular weight is 246 g/mol. The van der Waals surface area contributed by atoms with E-state index >= 15 is 0 Å². The zero-order chi connectivity index (χ0) is 13.3. The van der Waals surface area contributed by atoms with Gasteiger partial charge in [0.15, 0.2) is 0 Å². The molecular weight excluding hydrogens is 228 g/mol. The van der Waals surface area contributed by atoms with Crippen molar-refractivity contribution in [1.82, 2.24) is 15.1 Å². The van der Waals surface area contributed by atoms with E-state index in [9.17, 15) is 0 Å². The summed E-state index contributed by atoms with van der Waals surface area (Å²) in [5.74, 6) is 0.939. The normalized spacial score (nSPS) is 14.5. The molecule has 2 aromatic rings. The van der Waals surface area contributed by atoms with Gasteiger partial charge in [0.1, 0.15) is 5.69 Å². The summed E-state index contributed by atoms with van der Waals surface area (Å²) in [7, 11) is 0. The van der Waals surface area contributed by atoms with Crippen LogP contribution in [-0.2, 0) is 5.54 Å². The van der Waals surface area contributed by atoms with Crippen LogP contribution in [0.4, 0.5) is 0 Å². The van der Waals surface area contributed by atoms with Crippen LogP contribution >= 0.6 is 0 Å². The topological polar surface area (TPSA) is 77.8 Å². The van der Waals surface area contributed by atoms with E-state index in [-0.39, 0.29) is 0 Å². The molecule has 96 valence electrons. The predicted molar refractivity (Wildman–Crippen MR) is 68.8 cm³/mol. The second-order valence-electron chi connectivity index (χ2n) is 4.87. The summed E-state index contributed by atoms with van der Waals surface area (Å²) in [6.07, 6.45) is 2.52. The SMILES string of the molecule is CCC(C)(N)c1nc(-c2ncc(C)cc2C)no1. The van der Waals surface area contributed by atoms with Gasteiger partial charge in [-0.1, -0.05) is 18.1 Å². The number of hydrogen-bond donors (Lipinski definition) is 1. The lowest BCUT2D eigenvalue weighted by Crippen LogP contribution is -2.32. The molecule has 0 spiro atoms. The Morgan fingerprint density at radius 3 is 2.72 bits per heavy atom. The van der Waals surface area contributed by atoms with Crippen molar-refractivity contribution in [1.29, 1.82) is 0 Å². The highest BCUT2D eigenvalue weighted by Crippen LogP contribution is 2.24. The first-order valence-electron chi connectivity index (χ1n) is 6.00. The van der Waals surface area contributed by atoms with Crippen LogP contribution in [0.3, 0.4) is 0 Å². The Kier molecular flexibility index (Phi) is 3.17. The van der Waals surface area contributed by atoms with Crippen LogP contribution in [0.15, 0.2) is 16.8 Å². The largest absolute Gasteiger partial charge is 0.337 e. The van der Waals surface area contributed by atoms with Crippen molar-refractivity contribution in [2.24, 2.45) is 5.73 Å². The predicted octanol–water partition coefficient (Wildman–Crippen LogP) is 2.33. The molecule has 1 unspecified atom stereocenters. The molecule has 0 fully saturated rings. The summed E-state index contributed by atoms with van der Waals surface area (Å²) >= 11 is 0. The van der Waals surface area contributed by atoms with E-state index in [1.54, 1.807) is 6.20 Å².